The van der Waals surface area contributed by atoms with Crippen molar-refractivity contribution in [3.63, 3.8) is 0 Å². The summed E-state index contributed by atoms with van der Waals surface area (Å²) in [6.07, 6.45) is 1.66. The molecule has 0 bridgehead atoms. The van der Waals surface area contributed by atoms with Crippen molar-refractivity contribution in [3.05, 3.63) is 35.9 Å². The molecule has 0 spiro atoms. The van der Waals surface area contributed by atoms with E-state index in [4.69, 9.17) is 9.57 Å². The van der Waals surface area contributed by atoms with Gasteiger partial charge in [-0.3, -0.25) is 9.63 Å². The van der Waals surface area contributed by atoms with Gasteiger partial charge in [0.2, 0.25) is 0 Å². The number of nitrogens with one attached hydrogen (secondary N) is 2. The van der Waals surface area contributed by atoms with Crippen LogP contribution in [0, 0.1) is 0 Å². The molecular weight excluding hydrogens is 256 g/mol. The third-order valence-corrected chi connectivity index (χ3v) is 3.32. The maximum Gasteiger partial charge on any atom is 0.323 e. The monoisotopic (exact) mass is 278 g/mol. The van der Waals surface area contributed by atoms with Gasteiger partial charge in [-0.05, 0) is 25.3 Å². The molecule has 5 nitrogen and oxygen atoms in total. The summed E-state index contributed by atoms with van der Waals surface area (Å²) in [5.74, 6) is -0.156. The first-order valence-corrected chi connectivity index (χ1v) is 7.11. The summed E-state index contributed by atoms with van der Waals surface area (Å²) in [7, 11) is 0. The lowest BCUT2D eigenvalue weighted by Gasteiger charge is -2.28. The van der Waals surface area contributed by atoms with Crippen LogP contribution in [0.1, 0.15) is 25.3 Å². The average molecular weight is 278 g/mol. The number of benzene rings is 1. The molecule has 1 aromatic carbocycles. The number of carbonyl (C=O) groups excluding carboxylic acids is 1. The van der Waals surface area contributed by atoms with Crippen molar-refractivity contribution in [2.45, 2.75) is 38.5 Å². The zero-order valence-electron chi connectivity index (χ0n) is 11.8. The molecule has 1 heterocycles. The van der Waals surface area contributed by atoms with E-state index in [1.807, 2.05) is 37.3 Å². The molecule has 2 atom stereocenters. The lowest BCUT2D eigenvalue weighted by molar-refractivity contribution is -0.146. The van der Waals surface area contributed by atoms with Crippen molar-refractivity contribution in [1.82, 2.24) is 10.8 Å². The van der Waals surface area contributed by atoms with Crippen LogP contribution in [0.5, 0.6) is 0 Å². The number of carbonyl (C=O) groups is 1. The second-order valence-corrected chi connectivity index (χ2v) is 4.88. The Hall–Kier alpha value is -1.43. The minimum absolute atomic E-state index is 0.156. The van der Waals surface area contributed by atoms with E-state index in [0.717, 1.165) is 18.4 Å². The summed E-state index contributed by atoms with van der Waals surface area (Å²) in [6, 6.07) is 10.1. The van der Waals surface area contributed by atoms with E-state index < -0.39 is 0 Å². The molecule has 1 saturated heterocycles. The number of hydrogen-bond acceptors (Lipinski definition) is 5. The molecule has 0 aromatic heterocycles. The Morgan fingerprint density at radius 1 is 1.35 bits per heavy atom. The first-order valence-electron chi connectivity index (χ1n) is 7.11. The fourth-order valence-electron chi connectivity index (χ4n) is 2.22. The van der Waals surface area contributed by atoms with Gasteiger partial charge in [0.1, 0.15) is 6.04 Å². The summed E-state index contributed by atoms with van der Waals surface area (Å²) in [4.78, 5) is 17.1. The molecule has 0 amide bonds. The van der Waals surface area contributed by atoms with Gasteiger partial charge in [-0.1, -0.05) is 30.3 Å². The molecule has 1 aliphatic rings. The molecule has 0 radical (unpaired) electrons. The molecule has 1 fully saturated rings. The predicted molar refractivity (Wildman–Crippen MR) is 75.8 cm³/mol. The summed E-state index contributed by atoms with van der Waals surface area (Å²) < 4.78 is 5.00. The third kappa shape index (κ3) is 4.59. The zero-order chi connectivity index (χ0) is 14.2. The number of ether oxygens (including phenoxy) is 1. The Morgan fingerprint density at radius 2 is 2.15 bits per heavy atom. The highest BCUT2D eigenvalue weighted by molar-refractivity contribution is 5.75. The van der Waals surface area contributed by atoms with Gasteiger partial charge in [-0.25, -0.2) is 0 Å². The lowest BCUT2D eigenvalue weighted by Crippen LogP contribution is -2.51. The molecule has 0 unspecified atom stereocenters. The molecule has 1 aromatic rings. The highest BCUT2D eigenvalue weighted by Crippen LogP contribution is 2.10. The Bertz CT molecular complexity index is 403. The van der Waals surface area contributed by atoms with E-state index in [2.05, 4.69) is 10.8 Å². The van der Waals surface area contributed by atoms with E-state index >= 15 is 0 Å². The van der Waals surface area contributed by atoms with Crippen molar-refractivity contribution in [2.24, 2.45) is 0 Å². The van der Waals surface area contributed by atoms with E-state index in [1.54, 1.807) is 0 Å². The highest BCUT2D eigenvalue weighted by Gasteiger charge is 2.26. The second kappa shape index (κ2) is 7.99. The van der Waals surface area contributed by atoms with Gasteiger partial charge < -0.3 is 10.1 Å². The van der Waals surface area contributed by atoms with Gasteiger partial charge >= 0.3 is 5.97 Å². The Balaban J connectivity index is 1.63. The summed E-state index contributed by atoms with van der Waals surface area (Å²) >= 11 is 0. The number of hydroxylamine groups is 1. The number of hydrogen-bond donors (Lipinski definition) is 2. The van der Waals surface area contributed by atoms with Crippen LogP contribution in [0.3, 0.4) is 0 Å². The van der Waals surface area contributed by atoms with Crippen molar-refractivity contribution in [3.8, 4) is 0 Å². The number of esters is 1. The molecular formula is C15H22N2O3. The minimum atomic E-state index is -0.179. The molecule has 0 aliphatic carbocycles. The molecule has 2 rings (SSSR count). The maximum atomic E-state index is 11.6. The third-order valence-electron chi connectivity index (χ3n) is 3.32. The lowest BCUT2D eigenvalue weighted by atomic mass is 10.0. The van der Waals surface area contributed by atoms with Crippen molar-refractivity contribution < 1.29 is 14.4 Å². The van der Waals surface area contributed by atoms with Crippen LogP contribution in [-0.2, 0) is 21.0 Å². The van der Waals surface area contributed by atoms with Crippen molar-refractivity contribution in [2.75, 3.05) is 13.2 Å². The van der Waals surface area contributed by atoms with Crippen LogP contribution >= 0.6 is 0 Å². The quantitative estimate of drug-likeness (QED) is 0.608. The summed E-state index contributed by atoms with van der Waals surface area (Å²) in [6.45, 7) is 3.50. The topological polar surface area (TPSA) is 59.6 Å². The summed E-state index contributed by atoms with van der Waals surface area (Å²) in [5.41, 5.74) is 4.18. The van der Waals surface area contributed by atoms with Gasteiger partial charge in [-0.15, -0.1) is 0 Å². The number of piperidine rings is 1. The maximum absolute atomic E-state index is 11.6. The zero-order valence-corrected chi connectivity index (χ0v) is 11.8. The van der Waals surface area contributed by atoms with Gasteiger partial charge in [0.05, 0.1) is 13.2 Å². The van der Waals surface area contributed by atoms with Crippen molar-refractivity contribution >= 4 is 5.97 Å². The SMILES string of the molecule is CCOC(=O)[C@H]1CC[C@@H](NOCc2ccccc2)CN1. The average Bonchev–Trinajstić information content (AvgIpc) is 2.49. The van der Waals surface area contributed by atoms with Crippen LogP contribution in [0.15, 0.2) is 30.3 Å². The van der Waals surface area contributed by atoms with E-state index in [9.17, 15) is 4.79 Å². The Morgan fingerprint density at radius 3 is 2.80 bits per heavy atom. The van der Waals surface area contributed by atoms with Gasteiger partial charge in [-0.2, -0.15) is 5.48 Å². The number of rotatable bonds is 6. The molecule has 5 heteroatoms. The predicted octanol–water partition coefficient (Wildman–Crippen LogP) is 1.39. The van der Waals surface area contributed by atoms with Crippen LogP contribution in [0.25, 0.3) is 0 Å². The van der Waals surface area contributed by atoms with E-state index in [-0.39, 0.29) is 18.1 Å². The molecule has 20 heavy (non-hydrogen) atoms. The first-order chi connectivity index (χ1) is 9.79. The Kier molecular flexibility index (Phi) is 5.98. The van der Waals surface area contributed by atoms with Crippen LogP contribution < -0.4 is 10.8 Å². The van der Waals surface area contributed by atoms with Crippen LogP contribution in [-0.4, -0.2) is 31.2 Å². The minimum Gasteiger partial charge on any atom is -0.465 e. The van der Waals surface area contributed by atoms with E-state index in [1.165, 1.54) is 0 Å². The normalized spacial score (nSPS) is 22.4. The fraction of sp³-hybridized carbons (Fsp3) is 0.533. The fourth-order valence-corrected chi connectivity index (χ4v) is 2.22. The second-order valence-electron chi connectivity index (χ2n) is 4.88. The molecule has 0 saturated carbocycles. The van der Waals surface area contributed by atoms with Crippen molar-refractivity contribution in [1.29, 1.82) is 0 Å². The first kappa shape index (κ1) is 15.0. The van der Waals surface area contributed by atoms with Crippen LogP contribution in [0.2, 0.25) is 0 Å². The van der Waals surface area contributed by atoms with Gasteiger partial charge in [0.15, 0.2) is 0 Å². The molecule has 1 aliphatic heterocycles. The molecule has 110 valence electrons. The highest BCUT2D eigenvalue weighted by atomic mass is 16.6. The van der Waals surface area contributed by atoms with E-state index in [0.29, 0.717) is 19.8 Å². The molecule has 2 N–H and O–H groups in total. The standard InChI is InChI=1S/C15H22N2O3/c1-2-19-15(18)14-9-8-13(10-16-14)17-20-11-12-6-4-3-5-7-12/h3-7,13-14,16-17H,2,8-11H2,1H3/t13-,14-/m1/s1. The van der Waals surface area contributed by atoms with Gasteiger partial charge in [0, 0.05) is 12.6 Å². The smallest absolute Gasteiger partial charge is 0.323 e. The van der Waals surface area contributed by atoms with Gasteiger partial charge in [0.25, 0.3) is 0 Å². The summed E-state index contributed by atoms with van der Waals surface area (Å²) in [5, 5.41) is 3.19. The van der Waals surface area contributed by atoms with Crippen LogP contribution in [0.4, 0.5) is 0 Å². The largest absolute Gasteiger partial charge is 0.465 e. The Labute approximate surface area is 119 Å².